The lowest BCUT2D eigenvalue weighted by atomic mass is 10.1. The number of benzene rings is 3. The first-order valence-electron chi connectivity index (χ1n) is 14.2. The van der Waals surface area contributed by atoms with Gasteiger partial charge in [0, 0.05) is 17.6 Å². The Labute approximate surface area is 248 Å². The van der Waals surface area contributed by atoms with Crippen LogP contribution in [0.3, 0.4) is 0 Å². The van der Waals surface area contributed by atoms with E-state index in [4.69, 9.17) is 11.6 Å². The molecule has 0 aromatic heterocycles. The van der Waals surface area contributed by atoms with Gasteiger partial charge in [0.05, 0.1) is 10.6 Å². The normalized spacial score (nSPS) is 14.4. The highest BCUT2D eigenvalue weighted by atomic mass is 35.5. The molecule has 4 rings (SSSR count). The molecule has 0 aliphatic heterocycles. The topological polar surface area (TPSA) is 86.8 Å². The SMILES string of the molecule is CCC(C(=O)NC1CCCC1)N(CCc1ccccc1)C(=O)CN(c1ccc(Cl)cc1)S(=O)(=O)c1ccc(C)cc1. The number of rotatable bonds is 12. The number of aryl methyl sites for hydroxylation is 1. The molecule has 0 bridgehead atoms. The Balaban J connectivity index is 1.66. The van der Waals surface area contributed by atoms with Gasteiger partial charge in [-0.1, -0.05) is 79.4 Å². The van der Waals surface area contributed by atoms with Crippen molar-refractivity contribution in [1.29, 1.82) is 0 Å². The van der Waals surface area contributed by atoms with Crippen molar-refractivity contribution in [1.82, 2.24) is 10.2 Å². The maximum Gasteiger partial charge on any atom is 0.264 e. The van der Waals surface area contributed by atoms with Crippen LogP contribution in [0, 0.1) is 6.92 Å². The molecule has 3 aromatic carbocycles. The van der Waals surface area contributed by atoms with E-state index in [1.54, 1.807) is 41.3 Å². The molecule has 0 radical (unpaired) electrons. The summed E-state index contributed by atoms with van der Waals surface area (Å²) in [5, 5.41) is 3.59. The standard InChI is InChI=1S/C32H38ClN3O4S/c1-3-30(32(38)34-27-11-7-8-12-27)35(22-21-25-9-5-4-6-10-25)31(37)23-36(28-17-15-26(33)16-18-28)41(39,40)29-19-13-24(2)14-20-29/h4-6,9-10,13-20,27,30H,3,7-8,11-12,21-23H2,1-2H3,(H,34,38). The van der Waals surface area contributed by atoms with Crippen LogP contribution in [-0.4, -0.2) is 50.3 Å². The number of anilines is 1. The molecule has 1 aliphatic carbocycles. The Morgan fingerprint density at radius 3 is 2.20 bits per heavy atom. The van der Waals surface area contributed by atoms with Gasteiger partial charge in [-0.2, -0.15) is 0 Å². The number of nitrogens with zero attached hydrogens (tertiary/aromatic N) is 2. The first kappa shape index (κ1) is 30.6. The van der Waals surface area contributed by atoms with Crippen molar-refractivity contribution in [3.05, 3.63) is 95.0 Å². The van der Waals surface area contributed by atoms with Crippen LogP contribution in [0.15, 0.2) is 83.8 Å². The number of hydrogen-bond acceptors (Lipinski definition) is 4. The number of sulfonamides is 1. The molecule has 41 heavy (non-hydrogen) atoms. The summed E-state index contributed by atoms with van der Waals surface area (Å²) in [5.41, 5.74) is 2.26. The molecular formula is C32H38ClN3O4S. The summed E-state index contributed by atoms with van der Waals surface area (Å²) in [6.07, 6.45) is 4.95. The Kier molecular flexibility index (Phi) is 10.5. The van der Waals surface area contributed by atoms with E-state index in [-0.39, 0.29) is 23.4 Å². The lowest BCUT2D eigenvalue weighted by Crippen LogP contribution is -2.54. The average molecular weight is 596 g/mol. The largest absolute Gasteiger partial charge is 0.352 e. The molecule has 1 fully saturated rings. The van der Waals surface area contributed by atoms with Crippen LogP contribution >= 0.6 is 11.6 Å². The summed E-state index contributed by atoms with van der Waals surface area (Å²) < 4.78 is 28.9. The van der Waals surface area contributed by atoms with Gasteiger partial charge in [-0.05, 0) is 74.6 Å². The van der Waals surface area contributed by atoms with Crippen LogP contribution in [0.2, 0.25) is 5.02 Å². The smallest absolute Gasteiger partial charge is 0.264 e. The lowest BCUT2D eigenvalue weighted by molar-refractivity contribution is -0.139. The lowest BCUT2D eigenvalue weighted by Gasteiger charge is -2.33. The summed E-state index contributed by atoms with van der Waals surface area (Å²) in [7, 11) is -4.11. The summed E-state index contributed by atoms with van der Waals surface area (Å²) in [6.45, 7) is 3.57. The molecule has 0 saturated heterocycles. The molecule has 7 nitrogen and oxygen atoms in total. The number of amides is 2. The number of hydrogen-bond donors (Lipinski definition) is 1. The van der Waals surface area contributed by atoms with Gasteiger partial charge in [0.1, 0.15) is 12.6 Å². The number of carbonyl (C=O) groups excluding carboxylic acids is 2. The van der Waals surface area contributed by atoms with Gasteiger partial charge in [0.25, 0.3) is 10.0 Å². The zero-order chi connectivity index (χ0) is 29.4. The third-order valence-corrected chi connectivity index (χ3v) is 9.61. The van der Waals surface area contributed by atoms with E-state index in [0.29, 0.717) is 23.6 Å². The van der Waals surface area contributed by atoms with Gasteiger partial charge >= 0.3 is 0 Å². The number of carbonyl (C=O) groups is 2. The third kappa shape index (κ3) is 7.89. The summed E-state index contributed by atoms with van der Waals surface area (Å²) in [5.74, 6) is -0.639. The van der Waals surface area contributed by atoms with Crippen LogP contribution in [0.5, 0.6) is 0 Å². The molecule has 9 heteroatoms. The summed E-state index contributed by atoms with van der Waals surface area (Å²) in [4.78, 5) is 29.2. The van der Waals surface area contributed by atoms with Crippen molar-refractivity contribution in [2.45, 2.75) is 69.4 Å². The zero-order valence-corrected chi connectivity index (χ0v) is 25.2. The Morgan fingerprint density at radius 1 is 0.951 bits per heavy atom. The zero-order valence-electron chi connectivity index (χ0n) is 23.6. The highest BCUT2D eigenvalue weighted by Gasteiger charge is 2.34. The minimum Gasteiger partial charge on any atom is -0.352 e. The second-order valence-corrected chi connectivity index (χ2v) is 12.8. The molecule has 1 unspecified atom stereocenters. The predicted octanol–water partition coefficient (Wildman–Crippen LogP) is 5.75. The van der Waals surface area contributed by atoms with Crippen LogP contribution in [-0.2, 0) is 26.0 Å². The fraction of sp³-hybridized carbons (Fsp3) is 0.375. The molecule has 3 aromatic rings. The molecule has 1 N–H and O–H groups in total. The third-order valence-electron chi connectivity index (χ3n) is 7.57. The first-order chi connectivity index (χ1) is 19.7. The molecular weight excluding hydrogens is 558 g/mol. The fourth-order valence-electron chi connectivity index (χ4n) is 5.24. The molecule has 1 atom stereocenters. The maximum atomic E-state index is 14.1. The van der Waals surface area contributed by atoms with Crippen molar-refractivity contribution >= 4 is 39.1 Å². The Hall–Kier alpha value is -3.36. The van der Waals surface area contributed by atoms with E-state index in [1.165, 1.54) is 12.1 Å². The second kappa shape index (κ2) is 14.0. The van der Waals surface area contributed by atoms with Crippen molar-refractivity contribution < 1.29 is 18.0 Å². The van der Waals surface area contributed by atoms with E-state index < -0.39 is 28.5 Å². The van der Waals surface area contributed by atoms with Crippen LogP contribution in [0.4, 0.5) is 5.69 Å². The molecule has 1 saturated carbocycles. The van der Waals surface area contributed by atoms with Crippen molar-refractivity contribution in [3.63, 3.8) is 0 Å². The van der Waals surface area contributed by atoms with Gasteiger partial charge in [0.2, 0.25) is 11.8 Å². The van der Waals surface area contributed by atoms with Gasteiger partial charge < -0.3 is 10.2 Å². The summed E-state index contributed by atoms with van der Waals surface area (Å²) >= 11 is 6.10. The molecule has 0 heterocycles. The molecule has 0 spiro atoms. The first-order valence-corrected chi connectivity index (χ1v) is 16.0. The van der Waals surface area contributed by atoms with Gasteiger partial charge in [-0.25, -0.2) is 8.42 Å². The van der Waals surface area contributed by atoms with Crippen molar-refractivity contribution in [2.24, 2.45) is 0 Å². The van der Waals surface area contributed by atoms with Crippen molar-refractivity contribution in [3.8, 4) is 0 Å². The minimum atomic E-state index is -4.11. The van der Waals surface area contributed by atoms with E-state index in [1.807, 2.05) is 44.2 Å². The fourth-order valence-corrected chi connectivity index (χ4v) is 6.78. The highest BCUT2D eigenvalue weighted by molar-refractivity contribution is 7.92. The van der Waals surface area contributed by atoms with E-state index in [0.717, 1.165) is 41.1 Å². The van der Waals surface area contributed by atoms with E-state index >= 15 is 0 Å². The monoisotopic (exact) mass is 595 g/mol. The Bertz CT molecular complexity index is 1410. The number of halogens is 1. The van der Waals surface area contributed by atoms with E-state index in [2.05, 4.69) is 5.32 Å². The second-order valence-electron chi connectivity index (χ2n) is 10.5. The maximum absolute atomic E-state index is 14.1. The molecule has 1 aliphatic rings. The highest BCUT2D eigenvalue weighted by Crippen LogP contribution is 2.26. The van der Waals surface area contributed by atoms with Crippen molar-refractivity contribution in [2.75, 3.05) is 17.4 Å². The van der Waals surface area contributed by atoms with Gasteiger partial charge in [0.15, 0.2) is 0 Å². The minimum absolute atomic E-state index is 0.0766. The Morgan fingerprint density at radius 2 is 1.59 bits per heavy atom. The average Bonchev–Trinajstić information content (AvgIpc) is 3.48. The van der Waals surface area contributed by atoms with Crippen LogP contribution < -0.4 is 9.62 Å². The molecule has 2 amide bonds. The van der Waals surface area contributed by atoms with E-state index in [9.17, 15) is 18.0 Å². The summed E-state index contributed by atoms with van der Waals surface area (Å²) in [6, 6.07) is 22.0. The van der Waals surface area contributed by atoms with Crippen LogP contribution in [0.1, 0.15) is 50.2 Å². The van der Waals surface area contributed by atoms with Gasteiger partial charge in [-0.15, -0.1) is 0 Å². The number of nitrogens with one attached hydrogen (secondary N) is 1. The predicted molar refractivity (Wildman–Crippen MR) is 163 cm³/mol. The quantitative estimate of drug-likeness (QED) is 0.289. The van der Waals surface area contributed by atoms with Gasteiger partial charge in [-0.3, -0.25) is 13.9 Å². The van der Waals surface area contributed by atoms with Crippen LogP contribution in [0.25, 0.3) is 0 Å². The molecule has 218 valence electrons.